The second-order valence-corrected chi connectivity index (χ2v) is 13.6. The van der Waals surface area contributed by atoms with Crippen LogP contribution in [0.5, 0.6) is 0 Å². The summed E-state index contributed by atoms with van der Waals surface area (Å²) in [4.78, 5) is 0. The zero-order valence-electron chi connectivity index (χ0n) is 27.0. The Morgan fingerprint density at radius 1 is 0.396 bits per heavy atom. The highest BCUT2D eigenvalue weighted by Crippen LogP contribution is 2.68. The molecule has 2 atom stereocenters. The molecular weight excluding hydrogens is 577 g/mol. The Bertz CT molecular complexity index is 2060. The van der Waals surface area contributed by atoms with E-state index in [-0.39, 0.29) is 5.41 Å². The summed E-state index contributed by atoms with van der Waals surface area (Å²) in [5.41, 5.74) is 6.61. The van der Waals surface area contributed by atoms with Gasteiger partial charge in [0.05, 0.1) is 0 Å². The molecule has 0 radical (unpaired) electrons. The van der Waals surface area contributed by atoms with E-state index in [1.807, 2.05) is 60.7 Å². The lowest BCUT2D eigenvalue weighted by atomic mass is 9.37. The lowest BCUT2D eigenvalue weighted by Gasteiger charge is -2.64. The number of hydrogen-bond acceptors (Lipinski definition) is 0. The zero-order valence-corrected chi connectivity index (χ0v) is 27.0. The molecule has 9 rings (SSSR count). The van der Waals surface area contributed by atoms with Crippen molar-refractivity contribution >= 4 is 0 Å². The monoisotopic (exact) mass is 612 g/mol. The summed E-state index contributed by atoms with van der Waals surface area (Å²) in [5.74, 6) is 30.9. The molecule has 0 saturated heterocycles. The van der Waals surface area contributed by atoms with Crippen molar-refractivity contribution in [2.45, 2.75) is 37.5 Å². The quantitative estimate of drug-likeness (QED) is 0.165. The van der Waals surface area contributed by atoms with Gasteiger partial charge in [-0.1, -0.05) is 138 Å². The van der Waals surface area contributed by atoms with Crippen molar-refractivity contribution in [1.29, 1.82) is 0 Å². The first-order chi connectivity index (χ1) is 23.7. The first-order valence-corrected chi connectivity index (χ1v) is 17.1. The third-order valence-electron chi connectivity index (χ3n) is 10.7. The average Bonchev–Trinajstić information content (AvgIpc) is 3.14. The van der Waals surface area contributed by atoms with Gasteiger partial charge >= 0.3 is 0 Å². The highest BCUT2D eigenvalue weighted by molar-refractivity contribution is 5.58. The van der Waals surface area contributed by atoms with Crippen molar-refractivity contribution in [1.82, 2.24) is 0 Å². The van der Waals surface area contributed by atoms with E-state index in [1.165, 1.54) is 24.8 Å². The third kappa shape index (κ3) is 5.63. The largest absolute Gasteiger partial charge is 0.105 e. The van der Waals surface area contributed by atoms with Crippen molar-refractivity contribution in [2.24, 2.45) is 23.2 Å². The summed E-state index contributed by atoms with van der Waals surface area (Å²) < 4.78 is 0. The van der Waals surface area contributed by atoms with Crippen LogP contribution < -0.4 is 0 Å². The molecular formula is C48H36. The van der Waals surface area contributed by atoms with E-state index in [9.17, 15) is 0 Å². The normalized spacial score (nSPS) is 22.4. The molecule has 5 aromatic rings. The molecule has 2 unspecified atom stereocenters. The minimum absolute atomic E-state index is 0.127. The Kier molecular flexibility index (Phi) is 7.96. The van der Waals surface area contributed by atoms with Crippen LogP contribution in [0.3, 0.4) is 0 Å². The topological polar surface area (TPSA) is 0 Å². The van der Waals surface area contributed by atoms with E-state index in [2.05, 4.69) is 126 Å². The maximum atomic E-state index is 3.99. The molecule has 4 saturated carbocycles. The molecule has 4 bridgehead atoms. The van der Waals surface area contributed by atoms with Crippen LogP contribution in [-0.2, 0) is 5.41 Å². The molecule has 4 aliphatic rings. The van der Waals surface area contributed by atoms with Crippen LogP contribution in [0, 0.1) is 70.5 Å². The van der Waals surface area contributed by atoms with Crippen LogP contribution in [0.2, 0.25) is 0 Å². The van der Waals surface area contributed by atoms with Gasteiger partial charge in [-0.15, -0.1) is 0 Å². The van der Waals surface area contributed by atoms with Crippen LogP contribution in [0.1, 0.15) is 71.0 Å². The zero-order chi connectivity index (χ0) is 32.2. The van der Waals surface area contributed by atoms with Crippen molar-refractivity contribution in [3.63, 3.8) is 0 Å². The van der Waals surface area contributed by atoms with Gasteiger partial charge in [-0.25, -0.2) is 0 Å². The van der Waals surface area contributed by atoms with Crippen molar-refractivity contribution in [3.8, 4) is 47.4 Å². The molecule has 4 aliphatic carbocycles. The van der Waals surface area contributed by atoms with Gasteiger partial charge in [-0.3, -0.25) is 0 Å². The van der Waals surface area contributed by atoms with Gasteiger partial charge < -0.3 is 0 Å². The molecule has 48 heavy (non-hydrogen) atoms. The standard InChI is InChI=1S/C48H36/c1-4-14-37(15-5-1)24-26-41-18-10-12-20-43(41)28-30-47(31-29-44-21-13-11-19-42(44)27-25-38-16-6-2-7-17-38)46-33-39-32-40(34-46)36-48(47,35-39)45-22-8-3-9-23-45/h1-23,39-40,46H,32-36H2. The molecule has 0 aromatic heterocycles. The van der Waals surface area contributed by atoms with Crippen molar-refractivity contribution in [2.75, 3.05) is 0 Å². The van der Waals surface area contributed by atoms with Gasteiger partial charge in [0.1, 0.15) is 5.41 Å². The summed E-state index contributed by atoms with van der Waals surface area (Å²) in [6, 6.07) is 48.2. The van der Waals surface area contributed by atoms with Crippen molar-refractivity contribution < 1.29 is 0 Å². The fraction of sp³-hybridized carbons (Fsp3) is 0.208. The molecule has 0 spiro atoms. The SMILES string of the molecule is C(#Cc1ccccc1C#CC1(C#Cc2ccccc2C#Cc2ccccc2)C2CC3CC(C2)CC1(c1ccccc1)C3)c1ccccc1. The lowest BCUT2D eigenvalue weighted by molar-refractivity contribution is -0.0711. The molecule has 0 heteroatoms. The van der Waals surface area contributed by atoms with Crippen LogP contribution >= 0.6 is 0 Å². The lowest BCUT2D eigenvalue weighted by Crippen LogP contribution is -2.61. The molecule has 0 aliphatic heterocycles. The molecule has 0 N–H and O–H groups in total. The summed E-state index contributed by atoms with van der Waals surface area (Å²) in [7, 11) is 0. The molecule has 0 nitrogen and oxygen atoms in total. The summed E-state index contributed by atoms with van der Waals surface area (Å²) >= 11 is 0. The van der Waals surface area contributed by atoms with Crippen LogP contribution in [-0.4, -0.2) is 0 Å². The summed E-state index contributed by atoms with van der Waals surface area (Å²) in [6.07, 6.45) is 6.01. The number of hydrogen-bond donors (Lipinski definition) is 0. The first kappa shape index (κ1) is 29.7. The second kappa shape index (κ2) is 12.9. The Morgan fingerprint density at radius 2 is 0.792 bits per heavy atom. The van der Waals surface area contributed by atoms with Crippen molar-refractivity contribution in [3.05, 3.63) is 178 Å². The van der Waals surface area contributed by atoms with Crippen LogP contribution in [0.15, 0.2) is 140 Å². The van der Waals surface area contributed by atoms with Gasteiger partial charge in [0.25, 0.3) is 0 Å². The smallest absolute Gasteiger partial charge is 0.0766 e. The maximum absolute atomic E-state index is 3.99. The van der Waals surface area contributed by atoms with Gasteiger partial charge in [0.2, 0.25) is 0 Å². The molecule has 0 heterocycles. The Labute approximate surface area is 285 Å². The molecule has 0 amide bonds. The molecule has 5 aromatic carbocycles. The molecule has 228 valence electrons. The highest BCUT2D eigenvalue weighted by atomic mass is 14.7. The van der Waals surface area contributed by atoms with Gasteiger partial charge in [-0.2, -0.15) is 0 Å². The van der Waals surface area contributed by atoms with E-state index in [0.717, 1.165) is 58.1 Å². The minimum atomic E-state index is -0.498. The number of benzene rings is 5. The fourth-order valence-corrected chi connectivity index (χ4v) is 8.78. The van der Waals surface area contributed by atoms with Gasteiger partial charge in [0.15, 0.2) is 0 Å². The van der Waals surface area contributed by atoms with Crippen LogP contribution in [0.25, 0.3) is 0 Å². The Hall–Kier alpha value is -5.66. The first-order valence-electron chi connectivity index (χ1n) is 17.1. The van der Waals surface area contributed by atoms with E-state index in [1.54, 1.807) is 0 Å². The van der Waals surface area contributed by atoms with Gasteiger partial charge in [0, 0.05) is 38.8 Å². The fourth-order valence-electron chi connectivity index (χ4n) is 8.78. The molecule has 4 fully saturated rings. The second-order valence-electron chi connectivity index (χ2n) is 13.6. The predicted molar refractivity (Wildman–Crippen MR) is 196 cm³/mol. The minimum Gasteiger partial charge on any atom is -0.0766 e. The highest BCUT2D eigenvalue weighted by Gasteiger charge is 2.65. The van der Waals surface area contributed by atoms with E-state index in [4.69, 9.17) is 0 Å². The van der Waals surface area contributed by atoms with E-state index < -0.39 is 5.41 Å². The van der Waals surface area contributed by atoms with E-state index >= 15 is 0 Å². The summed E-state index contributed by atoms with van der Waals surface area (Å²) in [6.45, 7) is 0. The van der Waals surface area contributed by atoms with Crippen LogP contribution in [0.4, 0.5) is 0 Å². The van der Waals surface area contributed by atoms with Gasteiger partial charge in [-0.05, 0) is 104 Å². The van der Waals surface area contributed by atoms with E-state index in [0.29, 0.717) is 5.92 Å². The predicted octanol–water partition coefficient (Wildman–Crippen LogP) is 9.65. The third-order valence-corrected chi connectivity index (χ3v) is 10.7. The number of rotatable bonds is 1. The Balaban J connectivity index is 1.29. The maximum Gasteiger partial charge on any atom is 0.105 e. The summed E-state index contributed by atoms with van der Waals surface area (Å²) in [5, 5.41) is 0. The average molecular weight is 613 g/mol. The Morgan fingerprint density at radius 3 is 1.25 bits per heavy atom.